The van der Waals surface area contributed by atoms with Crippen LogP contribution in [0, 0.1) is 23.2 Å². The van der Waals surface area contributed by atoms with Crippen LogP contribution in [0.5, 0.6) is 17.2 Å². The van der Waals surface area contributed by atoms with Crippen LogP contribution in [-0.2, 0) is 19.1 Å². The third kappa shape index (κ3) is 10.8. The van der Waals surface area contributed by atoms with Crippen LogP contribution in [0.15, 0.2) is 61.7 Å². The number of hydrogen-bond acceptors (Lipinski definition) is 7. The molecule has 0 amide bonds. The molecule has 0 bridgehead atoms. The Hall–Kier alpha value is -3.87. The quantitative estimate of drug-likeness (QED) is 0.126. The average Bonchev–Trinajstić information content (AvgIpc) is 3.04. The Bertz CT molecular complexity index is 1480. The molecule has 0 spiro atoms. The van der Waals surface area contributed by atoms with Crippen LogP contribution in [0.3, 0.4) is 0 Å². The van der Waals surface area contributed by atoms with E-state index >= 15 is 0 Å². The number of carbonyl (C=O) groups excluding carboxylic acids is 3. The van der Waals surface area contributed by atoms with Crippen LogP contribution in [0.1, 0.15) is 123 Å². The zero-order chi connectivity index (χ0) is 36.0. The van der Waals surface area contributed by atoms with Crippen molar-refractivity contribution in [2.75, 3.05) is 0 Å². The van der Waals surface area contributed by atoms with E-state index in [-0.39, 0.29) is 23.8 Å². The minimum absolute atomic E-state index is 0.255. The normalized spacial score (nSPS) is 21.6. The van der Waals surface area contributed by atoms with Crippen LogP contribution in [0.2, 0.25) is 0 Å². The number of ether oxygens (including phenoxy) is 4. The Morgan fingerprint density at radius 3 is 1.80 bits per heavy atom. The van der Waals surface area contributed by atoms with E-state index < -0.39 is 17.2 Å². The molecule has 0 aliphatic heterocycles. The van der Waals surface area contributed by atoms with E-state index in [1.165, 1.54) is 31.2 Å². The number of rotatable bonds is 12. The zero-order valence-electron chi connectivity index (χ0n) is 30.6. The molecule has 49 heavy (non-hydrogen) atoms. The van der Waals surface area contributed by atoms with E-state index in [9.17, 15) is 14.4 Å². The van der Waals surface area contributed by atoms with Crippen molar-refractivity contribution in [3.8, 4) is 17.2 Å². The van der Waals surface area contributed by atoms with Gasteiger partial charge in [-0.25, -0.2) is 4.79 Å². The van der Waals surface area contributed by atoms with Crippen molar-refractivity contribution < 1.29 is 33.3 Å². The lowest BCUT2D eigenvalue weighted by Crippen LogP contribution is -2.40. The van der Waals surface area contributed by atoms with E-state index in [1.54, 1.807) is 30.3 Å². The Balaban J connectivity index is 1.24. The third-order valence-corrected chi connectivity index (χ3v) is 10.1. The molecule has 0 radical (unpaired) electrons. The molecule has 2 aliphatic rings. The standard InChI is InChI=1S/C42H56O7/c1-10-28-26-32(29-16-19-33(20-17-29)40(3,4)5)18-25-36(28)47-39(45)31-14-12-30(13-15-31)38(44)46-34-21-23-35(24-22-34)48-41(6,7)27-42(8,9)49-37(43)11-2/h10-11,18,21-26,29-31,33H,1-2,12-17,19-20,27H2,3-9H3. The summed E-state index contributed by atoms with van der Waals surface area (Å²) in [5.74, 6) is 1.28. The van der Waals surface area contributed by atoms with Gasteiger partial charge in [0.15, 0.2) is 0 Å². The van der Waals surface area contributed by atoms with E-state index in [2.05, 4.69) is 46.1 Å². The van der Waals surface area contributed by atoms with Gasteiger partial charge in [-0.3, -0.25) is 9.59 Å². The highest BCUT2D eigenvalue weighted by molar-refractivity contribution is 5.81. The monoisotopic (exact) mass is 672 g/mol. The minimum atomic E-state index is -0.745. The van der Waals surface area contributed by atoms with E-state index in [4.69, 9.17) is 18.9 Å². The van der Waals surface area contributed by atoms with Gasteiger partial charge in [-0.2, -0.15) is 0 Å². The summed E-state index contributed by atoms with van der Waals surface area (Å²) in [6.45, 7) is 22.0. The van der Waals surface area contributed by atoms with E-state index in [0.29, 0.717) is 60.7 Å². The molecule has 0 heterocycles. The average molecular weight is 673 g/mol. The molecular weight excluding hydrogens is 616 g/mol. The molecule has 266 valence electrons. The van der Waals surface area contributed by atoms with Gasteiger partial charge in [-0.15, -0.1) is 0 Å². The summed E-state index contributed by atoms with van der Waals surface area (Å²) in [4.78, 5) is 37.9. The molecule has 0 saturated heterocycles. The first-order valence-corrected chi connectivity index (χ1v) is 17.8. The van der Waals surface area contributed by atoms with Gasteiger partial charge >= 0.3 is 17.9 Å². The second-order valence-corrected chi connectivity index (χ2v) is 16.2. The van der Waals surface area contributed by atoms with Crippen molar-refractivity contribution in [3.05, 3.63) is 72.8 Å². The van der Waals surface area contributed by atoms with Crippen molar-refractivity contribution in [2.24, 2.45) is 23.2 Å². The van der Waals surface area contributed by atoms with Crippen LogP contribution in [0.25, 0.3) is 6.08 Å². The predicted molar refractivity (Wildman–Crippen MR) is 194 cm³/mol. The molecule has 2 aromatic rings. The third-order valence-electron chi connectivity index (χ3n) is 10.1. The maximum Gasteiger partial charge on any atom is 0.330 e. The number of hydrogen-bond donors (Lipinski definition) is 0. The Labute approximate surface area is 293 Å². The molecule has 0 aromatic heterocycles. The maximum absolute atomic E-state index is 13.2. The highest BCUT2D eigenvalue weighted by Gasteiger charge is 2.35. The summed E-state index contributed by atoms with van der Waals surface area (Å²) in [6, 6.07) is 13.1. The van der Waals surface area contributed by atoms with Gasteiger partial charge in [-0.05, 0) is 138 Å². The molecule has 7 nitrogen and oxygen atoms in total. The molecule has 0 atom stereocenters. The van der Waals surface area contributed by atoms with Gasteiger partial charge in [0.05, 0.1) is 11.8 Å². The number of esters is 3. The number of carbonyl (C=O) groups is 3. The first-order valence-electron chi connectivity index (χ1n) is 17.8. The molecule has 4 rings (SSSR count). The van der Waals surface area contributed by atoms with Gasteiger partial charge in [0.2, 0.25) is 0 Å². The second-order valence-electron chi connectivity index (χ2n) is 16.2. The van der Waals surface area contributed by atoms with E-state index in [0.717, 1.165) is 17.6 Å². The van der Waals surface area contributed by atoms with Gasteiger partial charge in [0.1, 0.15) is 28.5 Å². The highest BCUT2D eigenvalue weighted by atomic mass is 16.6. The fourth-order valence-corrected chi connectivity index (χ4v) is 7.63. The summed E-state index contributed by atoms with van der Waals surface area (Å²) >= 11 is 0. The highest BCUT2D eigenvalue weighted by Crippen LogP contribution is 2.44. The molecule has 0 N–H and O–H groups in total. The van der Waals surface area contributed by atoms with Crippen molar-refractivity contribution >= 4 is 24.0 Å². The lowest BCUT2D eigenvalue weighted by molar-refractivity contribution is -0.154. The lowest BCUT2D eigenvalue weighted by atomic mass is 9.68. The second kappa shape index (κ2) is 15.8. The predicted octanol–water partition coefficient (Wildman–Crippen LogP) is 10.0. The lowest BCUT2D eigenvalue weighted by Gasteiger charge is -2.37. The molecular formula is C42H56O7. The maximum atomic E-state index is 13.2. The molecule has 7 heteroatoms. The van der Waals surface area contributed by atoms with Gasteiger partial charge < -0.3 is 18.9 Å². The summed E-state index contributed by atoms with van der Waals surface area (Å²) in [5.41, 5.74) is 1.11. The van der Waals surface area contributed by atoms with E-state index in [1.807, 2.05) is 33.8 Å². The van der Waals surface area contributed by atoms with Gasteiger partial charge in [-0.1, -0.05) is 46.1 Å². The summed E-state index contributed by atoms with van der Waals surface area (Å²) < 4.78 is 23.2. The zero-order valence-corrected chi connectivity index (χ0v) is 30.6. The fourth-order valence-electron chi connectivity index (χ4n) is 7.63. The van der Waals surface area contributed by atoms with Crippen molar-refractivity contribution in [1.29, 1.82) is 0 Å². The van der Waals surface area contributed by atoms with Crippen LogP contribution in [-0.4, -0.2) is 29.1 Å². The summed E-state index contributed by atoms with van der Waals surface area (Å²) in [7, 11) is 0. The minimum Gasteiger partial charge on any atom is -0.488 e. The molecule has 2 aliphatic carbocycles. The fraction of sp³-hybridized carbons (Fsp3) is 0.548. The van der Waals surface area contributed by atoms with Crippen molar-refractivity contribution in [1.82, 2.24) is 0 Å². The smallest absolute Gasteiger partial charge is 0.330 e. The Morgan fingerprint density at radius 1 is 0.714 bits per heavy atom. The van der Waals surface area contributed by atoms with Gasteiger partial charge in [0.25, 0.3) is 0 Å². The Kier molecular flexibility index (Phi) is 12.2. The first-order chi connectivity index (χ1) is 23.0. The van der Waals surface area contributed by atoms with Crippen molar-refractivity contribution in [2.45, 2.75) is 123 Å². The largest absolute Gasteiger partial charge is 0.488 e. The molecule has 2 fully saturated rings. The first kappa shape index (κ1) is 37.9. The van der Waals surface area contributed by atoms with Crippen LogP contribution < -0.4 is 14.2 Å². The van der Waals surface area contributed by atoms with Crippen LogP contribution in [0.4, 0.5) is 0 Å². The number of benzene rings is 2. The van der Waals surface area contributed by atoms with Gasteiger partial charge in [0, 0.05) is 18.1 Å². The Morgan fingerprint density at radius 2 is 1.27 bits per heavy atom. The molecule has 2 saturated carbocycles. The summed E-state index contributed by atoms with van der Waals surface area (Å²) in [5, 5.41) is 0. The molecule has 0 unspecified atom stereocenters. The molecule has 2 aromatic carbocycles. The van der Waals surface area contributed by atoms with Crippen molar-refractivity contribution in [3.63, 3.8) is 0 Å². The topological polar surface area (TPSA) is 88.1 Å². The van der Waals surface area contributed by atoms with Crippen LogP contribution >= 0.6 is 0 Å². The summed E-state index contributed by atoms with van der Waals surface area (Å²) in [6.07, 6.45) is 10.5. The SMILES string of the molecule is C=CC(=O)OC(C)(C)CC(C)(C)Oc1ccc(OC(=O)C2CCC(C(=O)Oc3ccc(C4CCC(C(C)(C)C)CC4)cc3C=C)CC2)cc1.